The van der Waals surface area contributed by atoms with Crippen molar-refractivity contribution in [1.29, 1.82) is 0 Å². The minimum Gasteiger partial charge on any atom is -0.392 e. The van der Waals surface area contributed by atoms with Gasteiger partial charge in [0, 0.05) is 13.1 Å². The summed E-state index contributed by atoms with van der Waals surface area (Å²) in [6.45, 7) is 0.0776. The third-order valence-electron chi connectivity index (χ3n) is 3.18. The second kappa shape index (κ2) is 5.34. The van der Waals surface area contributed by atoms with Crippen molar-refractivity contribution < 1.29 is 26.7 Å². The zero-order valence-electron chi connectivity index (χ0n) is 10.5. The number of benzene rings is 1. The third kappa shape index (κ3) is 3.31. The Morgan fingerprint density at radius 3 is 2.50 bits per heavy atom. The Labute approximate surface area is 114 Å². The summed E-state index contributed by atoms with van der Waals surface area (Å²) < 4.78 is 63.6. The lowest BCUT2D eigenvalue weighted by molar-refractivity contribution is -0.138. The van der Waals surface area contributed by atoms with Crippen LogP contribution in [-0.4, -0.2) is 37.0 Å². The topological polar surface area (TPSA) is 57.6 Å². The van der Waals surface area contributed by atoms with Gasteiger partial charge in [-0.2, -0.15) is 17.5 Å². The van der Waals surface area contributed by atoms with Crippen LogP contribution in [0.4, 0.5) is 13.2 Å². The quantitative estimate of drug-likeness (QED) is 0.923. The molecule has 0 amide bonds. The van der Waals surface area contributed by atoms with Crippen molar-refractivity contribution in [1.82, 2.24) is 4.31 Å². The summed E-state index contributed by atoms with van der Waals surface area (Å²) in [5.41, 5.74) is -1.22. The molecule has 1 atom stereocenters. The number of β-amino-alcohol motifs (C(OH)–C–C–N with tert-alkyl or cyclic N) is 1. The van der Waals surface area contributed by atoms with Crippen molar-refractivity contribution in [3.63, 3.8) is 0 Å². The largest absolute Gasteiger partial charge is 0.416 e. The number of rotatable bonds is 3. The van der Waals surface area contributed by atoms with E-state index in [-0.39, 0.29) is 18.7 Å². The minimum atomic E-state index is -4.59. The van der Waals surface area contributed by atoms with Crippen LogP contribution in [0.1, 0.15) is 17.5 Å². The fourth-order valence-electron chi connectivity index (χ4n) is 2.17. The summed E-state index contributed by atoms with van der Waals surface area (Å²) in [5, 5.41) is 9.33. The van der Waals surface area contributed by atoms with E-state index in [4.69, 9.17) is 0 Å². The second-order valence-electron chi connectivity index (χ2n) is 4.71. The minimum absolute atomic E-state index is 0.0590. The molecule has 1 fully saturated rings. The van der Waals surface area contributed by atoms with Gasteiger partial charge in [-0.15, -0.1) is 0 Å². The molecule has 0 aromatic heterocycles. The molecule has 0 radical (unpaired) electrons. The van der Waals surface area contributed by atoms with Crippen LogP contribution in [0.5, 0.6) is 0 Å². The molecule has 4 nitrogen and oxygen atoms in total. The maximum absolute atomic E-state index is 12.8. The van der Waals surface area contributed by atoms with Gasteiger partial charge in [0.2, 0.25) is 10.0 Å². The average Bonchev–Trinajstić information content (AvgIpc) is 2.75. The normalized spacial score (nSPS) is 21.3. The Morgan fingerprint density at radius 1 is 1.30 bits per heavy atom. The smallest absolute Gasteiger partial charge is 0.392 e. The number of aliphatic hydroxyl groups is 1. The maximum Gasteiger partial charge on any atom is 0.416 e. The third-order valence-corrected chi connectivity index (χ3v) is 4.97. The monoisotopic (exact) mass is 309 g/mol. The maximum atomic E-state index is 12.8. The van der Waals surface area contributed by atoms with Gasteiger partial charge in [-0.25, -0.2) is 8.42 Å². The Kier molecular flexibility index (Phi) is 4.08. The standard InChI is InChI=1S/C12H14F3NO3S/c13-12(14,15)11-4-2-1-3-9(11)8-20(18,19)16-6-5-10(17)7-16/h1-4,10,17H,5-8H2/t10-/m1/s1. The lowest BCUT2D eigenvalue weighted by Gasteiger charge is -2.18. The predicted octanol–water partition coefficient (Wildman–Crippen LogP) is 1.60. The molecule has 1 N–H and O–H groups in total. The fraction of sp³-hybridized carbons (Fsp3) is 0.500. The molecule has 1 aromatic rings. The lowest BCUT2D eigenvalue weighted by Crippen LogP contribution is -2.31. The van der Waals surface area contributed by atoms with E-state index in [1.165, 1.54) is 12.1 Å². The first-order valence-corrected chi connectivity index (χ1v) is 7.62. The van der Waals surface area contributed by atoms with Gasteiger partial charge in [0.05, 0.1) is 17.4 Å². The highest BCUT2D eigenvalue weighted by Gasteiger charge is 2.36. The average molecular weight is 309 g/mol. The van der Waals surface area contributed by atoms with E-state index in [0.29, 0.717) is 6.42 Å². The van der Waals surface area contributed by atoms with Crippen LogP contribution >= 0.6 is 0 Å². The molecule has 1 heterocycles. The second-order valence-corrected chi connectivity index (χ2v) is 6.68. The number of halogens is 3. The molecule has 1 aliphatic heterocycles. The predicted molar refractivity (Wildman–Crippen MR) is 66.3 cm³/mol. The van der Waals surface area contributed by atoms with Gasteiger partial charge >= 0.3 is 6.18 Å². The number of hydrogen-bond acceptors (Lipinski definition) is 3. The highest BCUT2D eigenvalue weighted by atomic mass is 32.2. The molecule has 0 saturated carbocycles. The summed E-state index contributed by atoms with van der Waals surface area (Å²) in [7, 11) is -3.86. The highest BCUT2D eigenvalue weighted by molar-refractivity contribution is 7.88. The number of nitrogens with zero attached hydrogens (tertiary/aromatic N) is 1. The molecule has 0 unspecified atom stereocenters. The van der Waals surface area contributed by atoms with E-state index in [1.807, 2.05) is 0 Å². The van der Waals surface area contributed by atoms with E-state index in [9.17, 15) is 26.7 Å². The van der Waals surface area contributed by atoms with Crippen LogP contribution in [0.25, 0.3) is 0 Å². The molecule has 1 saturated heterocycles. The summed E-state index contributed by atoms with van der Waals surface area (Å²) in [4.78, 5) is 0. The summed E-state index contributed by atoms with van der Waals surface area (Å²) in [6, 6.07) is 4.62. The van der Waals surface area contributed by atoms with E-state index >= 15 is 0 Å². The molecular formula is C12H14F3NO3S. The van der Waals surface area contributed by atoms with Crippen LogP contribution in [0.15, 0.2) is 24.3 Å². The first kappa shape index (κ1) is 15.3. The molecule has 1 aliphatic rings. The van der Waals surface area contributed by atoms with Crippen molar-refractivity contribution in [3.8, 4) is 0 Å². The van der Waals surface area contributed by atoms with E-state index in [2.05, 4.69) is 0 Å². The molecule has 0 spiro atoms. The fourth-order valence-corrected chi connectivity index (χ4v) is 3.78. The molecule has 8 heteroatoms. The van der Waals surface area contributed by atoms with E-state index in [1.54, 1.807) is 0 Å². The van der Waals surface area contributed by atoms with Gasteiger partial charge < -0.3 is 5.11 Å². The zero-order chi connectivity index (χ0) is 15.0. The summed E-state index contributed by atoms with van der Waals surface area (Å²) >= 11 is 0. The number of sulfonamides is 1. The molecule has 1 aromatic carbocycles. The van der Waals surface area contributed by atoms with Crippen molar-refractivity contribution in [2.24, 2.45) is 0 Å². The molecule has 0 bridgehead atoms. The lowest BCUT2D eigenvalue weighted by atomic mass is 10.1. The van der Waals surface area contributed by atoms with Crippen LogP contribution in [0.3, 0.4) is 0 Å². The Bertz CT molecular complexity index is 586. The van der Waals surface area contributed by atoms with Gasteiger partial charge in [-0.3, -0.25) is 0 Å². The summed E-state index contributed by atoms with van der Waals surface area (Å²) in [5.74, 6) is -0.713. The van der Waals surface area contributed by atoms with Crippen molar-refractivity contribution in [2.45, 2.75) is 24.5 Å². The van der Waals surface area contributed by atoms with Gasteiger partial charge in [0.1, 0.15) is 0 Å². The summed E-state index contributed by atoms with van der Waals surface area (Å²) in [6.07, 6.45) is -5.03. The molecular weight excluding hydrogens is 295 g/mol. The Morgan fingerprint density at radius 2 is 1.95 bits per heavy atom. The number of alkyl halides is 3. The van der Waals surface area contributed by atoms with Crippen LogP contribution < -0.4 is 0 Å². The van der Waals surface area contributed by atoms with Crippen molar-refractivity contribution >= 4 is 10.0 Å². The van der Waals surface area contributed by atoms with Gasteiger partial charge in [-0.1, -0.05) is 18.2 Å². The van der Waals surface area contributed by atoms with Crippen molar-refractivity contribution in [2.75, 3.05) is 13.1 Å². The van der Waals surface area contributed by atoms with E-state index < -0.39 is 33.6 Å². The van der Waals surface area contributed by atoms with Crippen LogP contribution in [-0.2, 0) is 22.0 Å². The van der Waals surface area contributed by atoms with Gasteiger partial charge in [0.25, 0.3) is 0 Å². The van der Waals surface area contributed by atoms with Crippen LogP contribution in [0, 0.1) is 0 Å². The molecule has 20 heavy (non-hydrogen) atoms. The number of hydrogen-bond donors (Lipinski definition) is 1. The van der Waals surface area contributed by atoms with E-state index in [0.717, 1.165) is 16.4 Å². The van der Waals surface area contributed by atoms with Gasteiger partial charge in [0.15, 0.2) is 0 Å². The van der Waals surface area contributed by atoms with Crippen LogP contribution in [0.2, 0.25) is 0 Å². The van der Waals surface area contributed by atoms with Gasteiger partial charge in [-0.05, 0) is 18.1 Å². The number of aliphatic hydroxyl groups excluding tert-OH is 1. The highest BCUT2D eigenvalue weighted by Crippen LogP contribution is 2.33. The van der Waals surface area contributed by atoms with Crippen molar-refractivity contribution in [3.05, 3.63) is 35.4 Å². The SMILES string of the molecule is O=S(=O)(Cc1ccccc1C(F)(F)F)N1CC[C@@H](O)C1. The first-order chi connectivity index (χ1) is 9.20. The zero-order valence-corrected chi connectivity index (χ0v) is 11.3. The molecule has 2 rings (SSSR count). The molecule has 0 aliphatic carbocycles. The Hall–Kier alpha value is -1.12. The Balaban J connectivity index is 2.26. The first-order valence-electron chi connectivity index (χ1n) is 6.01. The molecule has 112 valence electrons.